The molecule has 11 heavy (non-hydrogen) atoms. The van der Waals surface area contributed by atoms with Crippen LogP contribution in [0.3, 0.4) is 0 Å². The van der Waals surface area contributed by atoms with Crippen molar-refractivity contribution >= 4 is 39.6 Å². The van der Waals surface area contributed by atoms with Gasteiger partial charge in [-0.3, -0.25) is 4.55 Å². The van der Waals surface area contributed by atoms with Gasteiger partial charge in [0.1, 0.15) is 0 Å². The Kier molecular flexibility index (Phi) is 24.0. The SMILES string of the molecule is O=C([O-])[O-].O=S(=O)([O-])O.[K+].[Mg+2]. The van der Waals surface area contributed by atoms with E-state index in [1.165, 1.54) is 0 Å². The molecule has 0 amide bonds. The van der Waals surface area contributed by atoms with Crippen molar-refractivity contribution in [1.29, 1.82) is 0 Å². The Balaban J connectivity index is -0.0000000383. The Bertz CT molecular complexity index is 161. The molecule has 0 spiro atoms. The van der Waals surface area contributed by atoms with Crippen molar-refractivity contribution in [2.45, 2.75) is 0 Å². The molecule has 0 fully saturated rings. The van der Waals surface area contributed by atoms with Gasteiger partial charge in [-0.25, -0.2) is 8.42 Å². The molecule has 0 saturated carbocycles. The molecule has 0 aromatic rings. The summed E-state index contributed by atoms with van der Waals surface area (Å²) < 4.78 is 32.8. The molecule has 0 atom stereocenters. The topological polar surface area (TPSA) is 141 Å². The third kappa shape index (κ3) is 442. The fourth-order valence-corrected chi connectivity index (χ4v) is 0. The minimum atomic E-state index is -4.92. The van der Waals surface area contributed by atoms with E-state index in [2.05, 4.69) is 0 Å². The first-order valence-electron chi connectivity index (χ1n) is 1.29. The largest absolute Gasteiger partial charge is 2.00 e. The summed E-state index contributed by atoms with van der Waals surface area (Å²) in [6.45, 7) is 0. The van der Waals surface area contributed by atoms with Gasteiger partial charge in [0.2, 0.25) is 10.4 Å². The Morgan fingerprint density at radius 3 is 1.27 bits per heavy atom. The minimum absolute atomic E-state index is 0. The first kappa shape index (κ1) is 22.9. The molecule has 0 heterocycles. The average molecular weight is 220 g/mol. The maximum Gasteiger partial charge on any atom is 2.00 e. The summed E-state index contributed by atoms with van der Waals surface area (Å²) in [6.07, 6.45) is -2.33. The maximum atomic E-state index is 8.63. The molecule has 0 radical (unpaired) electrons. The first-order valence-corrected chi connectivity index (χ1v) is 2.66. The van der Waals surface area contributed by atoms with Crippen LogP contribution in [0.2, 0.25) is 0 Å². The quantitative estimate of drug-likeness (QED) is 0.243. The van der Waals surface area contributed by atoms with Crippen LogP contribution >= 0.6 is 0 Å². The van der Waals surface area contributed by atoms with Gasteiger partial charge in [-0.05, 0) is 6.16 Å². The van der Waals surface area contributed by atoms with Crippen LogP contribution in [0, 0.1) is 0 Å². The molecule has 0 aromatic heterocycles. The van der Waals surface area contributed by atoms with E-state index in [0.717, 1.165) is 0 Å². The monoisotopic (exact) mass is 220 g/mol. The fraction of sp³-hybridized carbons (Fsp3) is 0. The number of carbonyl (C=O) groups is 1. The second-order valence-electron chi connectivity index (χ2n) is 0.678. The molecule has 56 valence electrons. The van der Waals surface area contributed by atoms with E-state index in [-0.39, 0.29) is 74.4 Å². The van der Waals surface area contributed by atoms with E-state index in [1.54, 1.807) is 0 Å². The van der Waals surface area contributed by atoms with Gasteiger partial charge in [0.05, 0.1) is 0 Å². The van der Waals surface area contributed by atoms with E-state index in [0.29, 0.717) is 0 Å². The molecule has 7 nitrogen and oxygen atoms in total. The molecule has 0 aliphatic carbocycles. The van der Waals surface area contributed by atoms with E-state index in [1.807, 2.05) is 0 Å². The molecule has 0 rings (SSSR count). The van der Waals surface area contributed by atoms with E-state index in [4.69, 9.17) is 32.5 Å². The fourth-order valence-electron chi connectivity index (χ4n) is 0. The number of hydrogen-bond donors (Lipinski definition) is 1. The smallest absolute Gasteiger partial charge is 0.726 e. The van der Waals surface area contributed by atoms with Gasteiger partial charge in [-0.2, -0.15) is 0 Å². The predicted molar refractivity (Wildman–Crippen MR) is 23.5 cm³/mol. The normalized spacial score (nSPS) is 7.45. The van der Waals surface area contributed by atoms with Gasteiger partial charge >= 0.3 is 74.4 Å². The summed E-state index contributed by atoms with van der Waals surface area (Å²) >= 11 is 0. The summed E-state index contributed by atoms with van der Waals surface area (Å²) in [5, 5.41) is 16.7. The van der Waals surface area contributed by atoms with Crippen molar-refractivity contribution in [3.05, 3.63) is 0 Å². The second-order valence-corrected chi connectivity index (χ2v) is 1.53. The summed E-state index contributed by atoms with van der Waals surface area (Å²) in [7, 11) is -4.92. The van der Waals surface area contributed by atoms with Crippen molar-refractivity contribution < 1.29 is 83.9 Å². The minimum Gasteiger partial charge on any atom is -0.726 e. The van der Waals surface area contributed by atoms with Crippen molar-refractivity contribution in [3.63, 3.8) is 0 Å². The van der Waals surface area contributed by atoms with Gasteiger partial charge in [-0.1, -0.05) is 0 Å². The third-order valence-electron chi connectivity index (χ3n) is 0. The molecule has 0 aliphatic rings. The molecule has 0 aromatic carbocycles. The van der Waals surface area contributed by atoms with Gasteiger partial charge in [0.25, 0.3) is 0 Å². The Hall–Kier alpha value is 1.54. The molecule has 0 unspecified atom stereocenters. The number of hydrogen-bond acceptors (Lipinski definition) is 6. The van der Waals surface area contributed by atoms with Crippen LogP contribution in [-0.2, 0) is 10.4 Å². The van der Waals surface area contributed by atoms with E-state index >= 15 is 0 Å². The molecule has 0 bridgehead atoms. The van der Waals surface area contributed by atoms with Crippen LogP contribution in [0.1, 0.15) is 0 Å². The van der Waals surface area contributed by atoms with Gasteiger partial charge in [0.15, 0.2) is 0 Å². The standard InChI is InChI=1S/CH2O3.K.Mg.H2O4S/c2-1(3)4;;;1-5(2,3)4/h(H2,2,3,4);;;(H2,1,2,3,4)/q;+1;+2;/p-3. The van der Waals surface area contributed by atoms with Crippen LogP contribution in [0.5, 0.6) is 0 Å². The Morgan fingerprint density at radius 1 is 1.27 bits per heavy atom. The second kappa shape index (κ2) is 11.5. The summed E-state index contributed by atoms with van der Waals surface area (Å²) in [6, 6.07) is 0. The van der Waals surface area contributed by atoms with Gasteiger partial charge < -0.3 is 19.6 Å². The van der Waals surface area contributed by atoms with Gasteiger partial charge in [-0.15, -0.1) is 0 Å². The van der Waals surface area contributed by atoms with Crippen molar-refractivity contribution in [2.24, 2.45) is 0 Å². The van der Waals surface area contributed by atoms with Crippen LogP contribution < -0.4 is 61.6 Å². The molecule has 10 heteroatoms. The number of carboxylic acid groups (broad SMARTS) is 2. The molecular weight excluding hydrogens is 219 g/mol. The zero-order valence-electron chi connectivity index (χ0n) is 5.51. The van der Waals surface area contributed by atoms with E-state index in [9.17, 15) is 0 Å². The molecule has 0 aliphatic heterocycles. The summed E-state index contributed by atoms with van der Waals surface area (Å²) in [4.78, 5) is 8.33. The molecule has 1 N–H and O–H groups in total. The Morgan fingerprint density at radius 2 is 1.27 bits per heavy atom. The average Bonchev–Trinajstić information content (AvgIpc) is 1.19. The van der Waals surface area contributed by atoms with Crippen molar-refractivity contribution in [1.82, 2.24) is 0 Å². The number of rotatable bonds is 0. The van der Waals surface area contributed by atoms with Crippen LogP contribution in [0.4, 0.5) is 4.79 Å². The Labute approximate surface area is 121 Å². The van der Waals surface area contributed by atoms with Crippen molar-refractivity contribution in [2.75, 3.05) is 0 Å². The van der Waals surface area contributed by atoms with Crippen molar-refractivity contribution in [3.8, 4) is 0 Å². The third-order valence-corrected chi connectivity index (χ3v) is 0. The number of carbonyl (C=O) groups excluding carboxylic acids is 1. The van der Waals surface area contributed by atoms with Crippen LogP contribution in [0.15, 0.2) is 0 Å². The zero-order chi connectivity index (χ0) is 8.08. The first-order chi connectivity index (χ1) is 3.73. The summed E-state index contributed by atoms with van der Waals surface area (Å²) in [5.74, 6) is 0. The molecular formula is CHKMgO7S. The van der Waals surface area contributed by atoms with E-state index < -0.39 is 16.6 Å². The zero-order valence-corrected chi connectivity index (χ0v) is 10.9. The molecule has 0 saturated heterocycles. The van der Waals surface area contributed by atoms with Gasteiger partial charge in [0, 0.05) is 0 Å². The maximum absolute atomic E-state index is 8.63. The predicted octanol–water partition coefficient (Wildman–Crippen LogP) is -6.82. The summed E-state index contributed by atoms with van der Waals surface area (Å²) in [5.41, 5.74) is 0. The van der Waals surface area contributed by atoms with Crippen LogP contribution in [-0.4, -0.2) is 46.7 Å². The van der Waals surface area contributed by atoms with Crippen LogP contribution in [0.25, 0.3) is 0 Å².